The maximum atomic E-state index is 11.3. The molecule has 1 aromatic carbocycles. The topological polar surface area (TPSA) is 46.2 Å². The Bertz CT molecular complexity index is 449. The molecule has 0 atom stereocenters. The normalized spacial score (nSPS) is 32.0. The molecule has 1 fully saturated rings. The van der Waals surface area contributed by atoms with E-state index in [0.29, 0.717) is 6.54 Å². The zero-order valence-corrected chi connectivity index (χ0v) is 12.6. The molecule has 2 heteroatoms. The quantitative estimate of drug-likeness (QED) is 0.889. The molecule has 1 aromatic rings. The van der Waals surface area contributed by atoms with Crippen LogP contribution in [0.2, 0.25) is 0 Å². The van der Waals surface area contributed by atoms with Crippen molar-refractivity contribution in [1.82, 2.24) is 0 Å². The molecule has 0 radical (unpaired) electrons. The number of aliphatic hydroxyl groups is 1. The van der Waals surface area contributed by atoms with Crippen molar-refractivity contribution in [2.75, 3.05) is 6.54 Å². The summed E-state index contributed by atoms with van der Waals surface area (Å²) in [5, 5.41) is 11.3. The lowest BCUT2D eigenvalue weighted by molar-refractivity contribution is -0.109. The van der Waals surface area contributed by atoms with Crippen molar-refractivity contribution in [3.8, 4) is 0 Å². The van der Waals surface area contributed by atoms with E-state index in [1.807, 2.05) is 0 Å². The molecule has 2 aliphatic rings. The fourth-order valence-electron chi connectivity index (χ4n) is 4.45. The van der Waals surface area contributed by atoms with Crippen molar-refractivity contribution in [3.05, 3.63) is 35.4 Å². The summed E-state index contributed by atoms with van der Waals surface area (Å²) < 4.78 is 0. The van der Waals surface area contributed by atoms with E-state index in [2.05, 4.69) is 31.2 Å². The van der Waals surface area contributed by atoms with Crippen LogP contribution in [0, 0.1) is 11.3 Å². The second kappa shape index (κ2) is 5.16. The Morgan fingerprint density at radius 2 is 1.70 bits per heavy atom. The Labute approximate surface area is 122 Å². The average Bonchev–Trinajstić information content (AvgIpc) is 2.88. The SMILES string of the molecule is CCC1CCC(O)(C2(CN)Cc3ccccc3C2)CC1. The molecule has 0 heterocycles. The van der Waals surface area contributed by atoms with E-state index >= 15 is 0 Å². The second-order valence-corrected chi connectivity index (χ2v) is 6.99. The number of rotatable bonds is 3. The molecule has 2 aliphatic carbocycles. The van der Waals surface area contributed by atoms with Gasteiger partial charge in [0.1, 0.15) is 0 Å². The van der Waals surface area contributed by atoms with Crippen molar-refractivity contribution in [2.45, 2.75) is 57.5 Å². The summed E-state index contributed by atoms with van der Waals surface area (Å²) in [6, 6.07) is 8.61. The van der Waals surface area contributed by atoms with E-state index in [1.165, 1.54) is 17.5 Å². The molecule has 0 saturated heterocycles. The van der Waals surface area contributed by atoms with Crippen LogP contribution < -0.4 is 5.73 Å². The standard InChI is InChI=1S/C18H27NO/c1-2-14-7-9-18(20,10-8-14)17(13-19)11-15-5-3-4-6-16(15)12-17/h3-6,14,20H,2,7-13,19H2,1H3. The Kier molecular flexibility index (Phi) is 3.64. The third-order valence-corrected chi connectivity index (χ3v) is 6.06. The Morgan fingerprint density at radius 3 is 2.15 bits per heavy atom. The van der Waals surface area contributed by atoms with Gasteiger partial charge < -0.3 is 10.8 Å². The molecule has 0 bridgehead atoms. The largest absolute Gasteiger partial charge is 0.389 e. The first-order chi connectivity index (χ1) is 9.62. The molecule has 1 saturated carbocycles. The van der Waals surface area contributed by atoms with Gasteiger partial charge in [0.15, 0.2) is 0 Å². The van der Waals surface area contributed by atoms with Crippen LogP contribution in [-0.2, 0) is 12.8 Å². The summed E-state index contributed by atoms with van der Waals surface area (Å²) in [7, 11) is 0. The third kappa shape index (κ3) is 2.10. The first-order valence-electron chi connectivity index (χ1n) is 8.12. The predicted octanol–water partition coefficient (Wildman–Crippen LogP) is 3.06. The molecule has 0 spiro atoms. The van der Waals surface area contributed by atoms with E-state index < -0.39 is 5.60 Å². The van der Waals surface area contributed by atoms with Crippen LogP contribution in [0.1, 0.15) is 50.2 Å². The van der Waals surface area contributed by atoms with Gasteiger partial charge in [0.2, 0.25) is 0 Å². The minimum Gasteiger partial charge on any atom is -0.389 e. The Morgan fingerprint density at radius 1 is 1.15 bits per heavy atom. The predicted molar refractivity (Wildman–Crippen MR) is 82.5 cm³/mol. The summed E-state index contributed by atoms with van der Waals surface area (Å²) >= 11 is 0. The van der Waals surface area contributed by atoms with Crippen molar-refractivity contribution >= 4 is 0 Å². The zero-order chi connectivity index (χ0) is 14.2. The molecule has 0 aliphatic heterocycles. The van der Waals surface area contributed by atoms with E-state index in [1.54, 1.807) is 0 Å². The van der Waals surface area contributed by atoms with Gasteiger partial charge in [-0.25, -0.2) is 0 Å². The van der Waals surface area contributed by atoms with Gasteiger partial charge in [-0.2, -0.15) is 0 Å². The third-order valence-electron chi connectivity index (χ3n) is 6.06. The molecule has 0 aromatic heterocycles. The molecule has 3 rings (SSSR count). The van der Waals surface area contributed by atoms with Crippen LogP contribution in [0.3, 0.4) is 0 Å². The van der Waals surface area contributed by atoms with Crippen LogP contribution in [0.25, 0.3) is 0 Å². The molecule has 110 valence electrons. The van der Waals surface area contributed by atoms with Gasteiger partial charge in [0, 0.05) is 12.0 Å². The fourth-order valence-corrected chi connectivity index (χ4v) is 4.45. The highest BCUT2D eigenvalue weighted by Gasteiger charge is 2.53. The monoisotopic (exact) mass is 273 g/mol. The number of hydrogen-bond acceptors (Lipinski definition) is 2. The molecular weight excluding hydrogens is 246 g/mol. The Hall–Kier alpha value is -0.860. The van der Waals surface area contributed by atoms with Crippen molar-refractivity contribution in [3.63, 3.8) is 0 Å². The lowest BCUT2D eigenvalue weighted by atomic mass is 9.61. The van der Waals surface area contributed by atoms with Gasteiger partial charge in [0.05, 0.1) is 5.60 Å². The van der Waals surface area contributed by atoms with E-state index in [4.69, 9.17) is 5.73 Å². The fraction of sp³-hybridized carbons (Fsp3) is 0.667. The first kappa shape index (κ1) is 14.1. The van der Waals surface area contributed by atoms with Gasteiger partial charge in [-0.3, -0.25) is 0 Å². The number of fused-ring (bicyclic) bond motifs is 1. The highest BCUT2D eigenvalue weighted by Crippen LogP contribution is 2.51. The van der Waals surface area contributed by atoms with Crippen molar-refractivity contribution in [2.24, 2.45) is 17.1 Å². The smallest absolute Gasteiger partial charge is 0.0722 e. The molecule has 0 amide bonds. The summed E-state index contributed by atoms with van der Waals surface area (Å²) in [4.78, 5) is 0. The van der Waals surface area contributed by atoms with Crippen LogP contribution in [0.5, 0.6) is 0 Å². The second-order valence-electron chi connectivity index (χ2n) is 6.99. The van der Waals surface area contributed by atoms with Crippen LogP contribution >= 0.6 is 0 Å². The van der Waals surface area contributed by atoms with E-state index in [-0.39, 0.29) is 5.41 Å². The van der Waals surface area contributed by atoms with Crippen molar-refractivity contribution < 1.29 is 5.11 Å². The molecular formula is C18H27NO. The minimum atomic E-state index is -0.563. The summed E-state index contributed by atoms with van der Waals surface area (Å²) in [6.07, 6.45) is 7.31. The van der Waals surface area contributed by atoms with E-state index in [0.717, 1.165) is 44.4 Å². The summed E-state index contributed by atoms with van der Waals surface area (Å²) in [6.45, 7) is 2.86. The zero-order valence-electron chi connectivity index (χ0n) is 12.6. The van der Waals surface area contributed by atoms with Gasteiger partial charge in [0.25, 0.3) is 0 Å². The molecule has 0 unspecified atom stereocenters. The highest BCUT2D eigenvalue weighted by atomic mass is 16.3. The lowest BCUT2D eigenvalue weighted by Crippen LogP contribution is -2.55. The van der Waals surface area contributed by atoms with Gasteiger partial charge in [-0.15, -0.1) is 0 Å². The molecule has 2 nitrogen and oxygen atoms in total. The molecule has 3 N–H and O–H groups in total. The van der Waals surface area contributed by atoms with Crippen molar-refractivity contribution in [1.29, 1.82) is 0 Å². The van der Waals surface area contributed by atoms with Gasteiger partial charge in [-0.1, -0.05) is 37.6 Å². The highest BCUT2D eigenvalue weighted by molar-refractivity contribution is 5.36. The van der Waals surface area contributed by atoms with E-state index in [9.17, 15) is 5.11 Å². The first-order valence-corrected chi connectivity index (χ1v) is 8.12. The van der Waals surface area contributed by atoms with Gasteiger partial charge >= 0.3 is 0 Å². The van der Waals surface area contributed by atoms with Crippen LogP contribution in [0.15, 0.2) is 24.3 Å². The van der Waals surface area contributed by atoms with Crippen LogP contribution in [0.4, 0.5) is 0 Å². The van der Waals surface area contributed by atoms with Crippen LogP contribution in [-0.4, -0.2) is 17.3 Å². The minimum absolute atomic E-state index is 0.130. The summed E-state index contributed by atoms with van der Waals surface area (Å²) in [5.41, 5.74) is 8.26. The summed E-state index contributed by atoms with van der Waals surface area (Å²) in [5.74, 6) is 0.800. The number of hydrogen-bond donors (Lipinski definition) is 2. The average molecular weight is 273 g/mol. The number of nitrogens with two attached hydrogens (primary N) is 1. The maximum Gasteiger partial charge on any atom is 0.0722 e. The van der Waals surface area contributed by atoms with Gasteiger partial charge in [-0.05, 0) is 55.6 Å². The molecule has 20 heavy (non-hydrogen) atoms. The Balaban J connectivity index is 1.85. The maximum absolute atomic E-state index is 11.3. The number of benzene rings is 1. The lowest BCUT2D eigenvalue weighted by Gasteiger charge is -2.48.